The topological polar surface area (TPSA) is 40.5 Å². The number of aliphatic hydroxyl groups excluding tert-OH is 1. The van der Waals surface area contributed by atoms with Crippen LogP contribution in [-0.4, -0.2) is 10.2 Å². The molecule has 0 bridgehead atoms. The van der Waals surface area contributed by atoms with Gasteiger partial charge in [-0.1, -0.05) is 90.7 Å². The highest BCUT2D eigenvalue weighted by Crippen LogP contribution is 2.34. The molecule has 3 aromatic rings. The summed E-state index contributed by atoms with van der Waals surface area (Å²) in [4.78, 5) is 0. The van der Waals surface area contributed by atoms with E-state index in [1.807, 2.05) is 66.7 Å². The SMILES string of the molecule is O[C@@H](c1ccccc1)[C@@](O)(C#Cc1ccccc1)c1ccccc1. The van der Waals surface area contributed by atoms with Crippen LogP contribution in [0.25, 0.3) is 0 Å². The molecule has 3 aromatic carbocycles. The van der Waals surface area contributed by atoms with Gasteiger partial charge in [0.2, 0.25) is 0 Å². The molecule has 0 heterocycles. The summed E-state index contributed by atoms with van der Waals surface area (Å²) in [5.41, 5.74) is 0.265. The smallest absolute Gasteiger partial charge is 0.181 e. The molecule has 0 saturated carbocycles. The standard InChI is InChI=1S/C22H18O2/c23-21(19-12-6-2-7-13-19)22(24,20-14-8-3-9-15-20)17-16-18-10-4-1-5-11-18/h1-15,21,23-24H/t21-,22+/m0/s1. The van der Waals surface area contributed by atoms with Crippen LogP contribution in [-0.2, 0) is 5.60 Å². The lowest BCUT2D eigenvalue weighted by molar-refractivity contribution is -0.0383. The zero-order chi connectivity index (χ0) is 16.8. The average molecular weight is 314 g/mol. The molecular weight excluding hydrogens is 296 g/mol. The Morgan fingerprint density at radius 3 is 1.79 bits per heavy atom. The van der Waals surface area contributed by atoms with Crippen LogP contribution in [0.5, 0.6) is 0 Å². The van der Waals surface area contributed by atoms with Crippen LogP contribution in [0.1, 0.15) is 22.8 Å². The van der Waals surface area contributed by atoms with Crippen molar-refractivity contribution in [3.63, 3.8) is 0 Å². The Morgan fingerprint density at radius 1 is 0.708 bits per heavy atom. The number of aliphatic hydroxyl groups is 2. The first-order chi connectivity index (χ1) is 11.7. The van der Waals surface area contributed by atoms with E-state index in [0.29, 0.717) is 11.1 Å². The fourth-order valence-corrected chi connectivity index (χ4v) is 2.56. The molecule has 0 radical (unpaired) electrons. The molecule has 2 N–H and O–H groups in total. The molecule has 2 heteroatoms. The predicted molar refractivity (Wildman–Crippen MR) is 95.1 cm³/mol. The van der Waals surface area contributed by atoms with Crippen molar-refractivity contribution in [2.45, 2.75) is 11.7 Å². The monoisotopic (exact) mass is 314 g/mol. The molecule has 0 amide bonds. The van der Waals surface area contributed by atoms with E-state index in [4.69, 9.17) is 0 Å². The van der Waals surface area contributed by atoms with Gasteiger partial charge in [0.1, 0.15) is 6.10 Å². The summed E-state index contributed by atoms with van der Waals surface area (Å²) >= 11 is 0. The predicted octanol–water partition coefficient (Wildman–Crippen LogP) is 3.66. The van der Waals surface area contributed by atoms with Gasteiger partial charge in [-0.05, 0) is 23.3 Å². The van der Waals surface area contributed by atoms with Crippen LogP contribution in [0.2, 0.25) is 0 Å². The van der Waals surface area contributed by atoms with E-state index in [1.165, 1.54) is 0 Å². The Kier molecular flexibility index (Phi) is 4.77. The maximum atomic E-state index is 11.2. The molecule has 2 nitrogen and oxygen atoms in total. The second-order valence-corrected chi connectivity index (χ2v) is 5.56. The van der Waals surface area contributed by atoms with Crippen molar-refractivity contribution >= 4 is 0 Å². The minimum absolute atomic E-state index is 0.560. The quantitative estimate of drug-likeness (QED) is 0.724. The Morgan fingerprint density at radius 2 is 1.21 bits per heavy atom. The van der Waals surface area contributed by atoms with E-state index in [-0.39, 0.29) is 0 Å². The summed E-state index contributed by atoms with van der Waals surface area (Å²) < 4.78 is 0. The summed E-state index contributed by atoms with van der Waals surface area (Å²) in [5, 5.41) is 22.1. The molecule has 0 aliphatic rings. The summed E-state index contributed by atoms with van der Waals surface area (Å²) in [6, 6.07) is 27.6. The van der Waals surface area contributed by atoms with E-state index in [1.54, 1.807) is 24.3 Å². The number of benzene rings is 3. The van der Waals surface area contributed by atoms with Crippen molar-refractivity contribution in [1.29, 1.82) is 0 Å². The maximum Gasteiger partial charge on any atom is 0.181 e. The van der Waals surface area contributed by atoms with E-state index >= 15 is 0 Å². The largest absolute Gasteiger partial charge is 0.384 e. The van der Waals surface area contributed by atoms with Gasteiger partial charge in [0.15, 0.2) is 5.60 Å². The molecule has 0 aliphatic heterocycles. The van der Waals surface area contributed by atoms with Gasteiger partial charge in [-0.15, -0.1) is 0 Å². The van der Waals surface area contributed by atoms with Crippen molar-refractivity contribution in [2.24, 2.45) is 0 Å². The molecule has 0 aromatic heterocycles. The first-order valence-electron chi connectivity index (χ1n) is 7.79. The van der Waals surface area contributed by atoms with Gasteiger partial charge in [-0.25, -0.2) is 0 Å². The third kappa shape index (κ3) is 3.38. The van der Waals surface area contributed by atoms with Gasteiger partial charge >= 0.3 is 0 Å². The molecule has 0 spiro atoms. The lowest BCUT2D eigenvalue weighted by Crippen LogP contribution is -2.32. The fourth-order valence-electron chi connectivity index (χ4n) is 2.56. The molecule has 2 atom stereocenters. The minimum Gasteiger partial charge on any atom is -0.384 e. The fraction of sp³-hybridized carbons (Fsp3) is 0.0909. The molecule has 0 aliphatic carbocycles. The van der Waals surface area contributed by atoms with Crippen LogP contribution in [0, 0.1) is 11.8 Å². The third-order valence-electron chi connectivity index (χ3n) is 3.90. The normalized spacial score (nSPS) is 14.1. The number of hydrogen-bond donors (Lipinski definition) is 2. The number of rotatable bonds is 3. The summed E-state index contributed by atoms with van der Waals surface area (Å²) in [6.45, 7) is 0. The summed E-state index contributed by atoms with van der Waals surface area (Å²) in [5.74, 6) is 5.86. The average Bonchev–Trinajstić information content (AvgIpc) is 2.68. The van der Waals surface area contributed by atoms with Crippen molar-refractivity contribution in [3.05, 3.63) is 108 Å². The zero-order valence-electron chi connectivity index (χ0n) is 13.1. The van der Waals surface area contributed by atoms with E-state index in [0.717, 1.165) is 5.56 Å². The van der Waals surface area contributed by atoms with Crippen LogP contribution in [0.15, 0.2) is 91.0 Å². The van der Waals surface area contributed by atoms with Gasteiger partial charge in [-0.2, -0.15) is 0 Å². The van der Waals surface area contributed by atoms with Gasteiger partial charge in [0.05, 0.1) is 0 Å². The Bertz CT molecular complexity index is 833. The van der Waals surface area contributed by atoms with Crippen LogP contribution < -0.4 is 0 Å². The minimum atomic E-state index is -1.70. The third-order valence-corrected chi connectivity index (χ3v) is 3.90. The van der Waals surface area contributed by atoms with Gasteiger partial charge < -0.3 is 10.2 Å². The Hall–Kier alpha value is -2.86. The van der Waals surface area contributed by atoms with E-state index in [9.17, 15) is 10.2 Å². The van der Waals surface area contributed by atoms with Crippen LogP contribution >= 0.6 is 0 Å². The first kappa shape index (κ1) is 16.0. The second-order valence-electron chi connectivity index (χ2n) is 5.56. The molecular formula is C22H18O2. The molecule has 0 saturated heterocycles. The molecule has 118 valence electrons. The van der Waals surface area contributed by atoms with Crippen LogP contribution in [0.3, 0.4) is 0 Å². The Balaban J connectivity index is 2.07. The molecule has 0 unspecified atom stereocenters. The molecule has 0 fully saturated rings. The lowest BCUT2D eigenvalue weighted by Gasteiger charge is -2.29. The highest BCUT2D eigenvalue weighted by molar-refractivity contribution is 5.42. The molecule has 3 rings (SSSR count). The van der Waals surface area contributed by atoms with E-state index in [2.05, 4.69) is 11.8 Å². The molecule has 24 heavy (non-hydrogen) atoms. The summed E-state index contributed by atoms with van der Waals surface area (Å²) in [6.07, 6.45) is -1.16. The highest BCUT2D eigenvalue weighted by Gasteiger charge is 2.36. The van der Waals surface area contributed by atoms with Crippen molar-refractivity contribution in [3.8, 4) is 11.8 Å². The first-order valence-corrected chi connectivity index (χ1v) is 7.79. The van der Waals surface area contributed by atoms with Gasteiger partial charge in [0.25, 0.3) is 0 Å². The van der Waals surface area contributed by atoms with Crippen molar-refractivity contribution in [1.82, 2.24) is 0 Å². The number of hydrogen-bond acceptors (Lipinski definition) is 2. The van der Waals surface area contributed by atoms with Crippen molar-refractivity contribution in [2.75, 3.05) is 0 Å². The van der Waals surface area contributed by atoms with E-state index < -0.39 is 11.7 Å². The summed E-state index contributed by atoms with van der Waals surface area (Å²) in [7, 11) is 0. The lowest BCUT2D eigenvalue weighted by atomic mass is 9.84. The van der Waals surface area contributed by atoms with Gasteiger partial charge in [0, 0.05) is 5.56 Å². The zero-order valence-corrected chi connectivity index (χ0v) is 13.1. The van der Waals surface area contributed by atoms with Gasteiger partial charge in [-0.3, -0.25) is 0 Å². The second kappa shape index (κ2) is 7.14. The highest BCUT2D eigenvalue weighted by atomic mass is 16.3. The Labute approximate surface area is 142 Å². The van der Waals surface area contributed by atoms with Crippen molar-refractivity contribution < 1.29 is 10.2 Å². The maximum absolute atomic E-state index is 11.2. The van der Waals surface area contributed by atoms with Crippen LogP contribution in [0.4, 0.5) is 0 Å².